The van der Waals surface area contributed by atoms with E-state index in [0.717, 1.165) is 16.7 Å². The maximum atomic E-state index is 12.6. The Morgan fingerprint density at radius 3 is 2.34 bits per heavy atom. The summed E-state index contributed by atoms with van der Waals surface area (Å²) in [6, 6.07) is 21.5. The van der Waals surface area contributed by atoms with Gasteiger partial charge >= 0.3 is 0 Å². The Morgan fingerprint density at radius 1 is 0.931 bits per heavy atom. The van der Waals surface area contributed by atoms with Crippen LogP contribution in [0.15, 0.2) is 78.9 Å². The van der Waals surface area contributed by atoms with Crippen LogP contribution in [0.2, 0.25) is 0 Å². The summed E-state index contributed by atoms with van der Waals surface area (Å²) in [7, 11) is 0. The Bertz CT molecular complexity index is 1100. The molecule has 0 aromatic heterocycles. The zero-order chi connectivity index (χ0) is 20.4. The highest BCUT2D eigenvalue weighted by molar-refractivity contribution is 6.09. The minimum atomic E-state index is -0.434. The van der Waals surface area contributed by atoms with Crippen molar-refractivity contribution in [3.05, 3.63) is 95.6 Å². The summed E-state index contributed by atoms with van der Waals surface area (Å²) in [5, 5.41) is 10.5. The molecule has 0 fully saturated rings. The van der Waals surface area contributed by atoms with Crippen molar-refractivity contribution in [3.8, 4) is 22.6 Å². The van der Waals surface area contributed by atoms with E-state index in [1.807, 2.05) is 62.4 Å². The first-order valence-corrected chi connectivity index (χ1v) is 9.55. The van der Waals surface area contributed by atoms with Crippen LogP contribution in [0.1, 0.15) is 35.3 Å². The van der Waals surface area contributed by atoms with Crippen molar-refractivity contribution in [1.29, 1.82) is 0 Å². The number of ether oxygens (including phenoxy) is 1. The third-order valence-corrected chi connectivity index (χ3v) is 4.91. The van der Waals surface area contributed by atoms with E-state index in [0.29, 0.717) is 11.3 Å². The Balaban J connectivity index is 1.53. The molecule has 1 aliphatic heterocycles. The van der Waals surface area contributed by atoms with Gasteiger partial charge in [0.25, 0.3) is 0 Å². The summed E-state index contributed by atoms with van der Waals surface area (Å²) in [5.74, 6) is 0.269. The number of hydrogen-bond acceptors (Lipinski definition) is 3. The molecular weight excluding hydrogens is 360 g/mol. The highest BCUT2D eigenvalue weighted by Gasteiger charge is 2.25. The highest BCUT2D eigenvalue weighted by atomic mass is 16.5. The Morgan fingerprint density at radius 2 is 1.62 bits per heavy atom. The summed E-state index contributed by atoms with van der Waals surface area (Å²) >= 11 is 0. The molecule has 0 radical (unpaired) electrons. The average molecular weight is 382 g/mol. The Kier molecular flexibility index (Phi) is 4.81. The number of phenolic OH excluding ortho intramolecular Hbond substituents is 1. The van der Waals surface area contributed by atoms with Crippen LogP contribution in [0.25, 0.3) is 23.3 Å². The molecule has 0 atom stereocenters. The van der Waals surface area contributed by atoms with Crippen molar-refractivity contribution >= 4 is 17.9 Å². The molecule has 3 heteroatoms. The lowest BCUT2D eigenvalue weighted by atomic mass is 9.98. The van der Waals surface area contributed by atoms with E-state index < -0.39 is 5.60 Å². The van der Waals surface area contributed by atoms with Gasteiger partial charge < -0.3 is 9.84 Å². The molecule has 1 N–H and O–H groups in total. The average Bonchev–Trinajstić information content (AvgIpc) is 2.72. The number of carbonyl (C=O) groups excluding carboxylic acids is 1. The zero-order valence-electron chi connectivity index (χ0n) is 16.4. The fourth-order valence-electron chi connectivity index (χ4n) is 3.32. The first kappa shape index (κ1) is 18.8. The summed E-state index contributed by atoms with van der Waals surface area (Å²) in [5.41, 5.74) is 3.55. The molecule has 3 aromatic carbocycles. The lowest BCUT2D eigenvalue weighted by Crippen LogP contribution is -2.27. The fraction of sp³-hybridized carbons (Fsp3) is 0.115. The molecule has 3 aromatic rings. The molecule has 0 unspecified atom stereocenters. The van der Waals surface area contributed by atoms with Gasteiger partial charge in [-0.3, -0.25) is 4.79 Å². The van der Waals surface area contributed by atoms with Crippen LogP contribution in [0.5, 0.6) is 11.5 Å². The number of allylic oxidation sites excluding steroid dienone is 1. The van der Waals surface area contributed by atoms with Gasteiger partial charge in [0.15, 0.2) is 5.78 Å². The largest absolute Gasteiger partial charge is 0.506 e. The van der Waals surface area contributed by atoms with Crippen molar-refractivity contribution < 1.29 is 14.6 Å². The van der Waals surface area contributed by atoms with Gasteiger partial charge in [0.05, 0.1) is 11.1 Å². The highest BCUT2D eigenvalue weighted by Crippen LogP contribution is 2.38. The van der Waals surface area contributed by atoms with Gasteiger partial charge in [0.2, 0.25) is 0 Å². The number of phenols is 1. The number of rotatable bonds is 4. The van der Waals surface area contributed by atoms with Crippen molar-refractivity contribution in [3.63, 3.8) is 0 Å². The second-order valence-corrected chi connectivity index (χ2v) is 7.60. The molecular formula is C26H22O3. The molecule has 0 aliphatic carbocycles. The molecule has 4 rings (SSSR count). The van der Waals surface area contributed by atoms with Crippen LogP contribution in [0, 0.1) is 0 Å². The van der Waals surface area contributed by atoms with E-state index in [1.165, 1.54) is 6.08 Å². The first-order valence-electron chi connectivity index (χ1n) is 9.55. The van der Waals surface area contributed by atoms with Gasteiger partial charge in [-0.15, -0.1) is 0 Å². The van der Waals surface area contributed by atoms with Gasteiger partial charge in [-0.2, -0.15) is 0 Å². The molecule has 0 bridgehead atoms. The quantitative estimate of drug-likeness (QED) is 0.435. The predicted octanol–water partition coefficient (Wildman–Crippen LogP) is 6.14. The Hall–Kier alpha value is -3.59. The third kappa shape index (κ3) is 3.99. The van der Waals surface area contributed by atoms with E-state index in [2.05, 4.69) is 12.1 Å². The van der Waals surface area contributed by atoms with E-state index in [4.69, 9.17) is 4.74 Å². The SMILES string of the molecule is CC1(C)C=Cc2c(ccc(C(=O)/C=C/c3ccc(-c4ccccc4)cc3)c2O)O1. The van der Waals surface area contributed by atoms with Gasteiger partial charge in [-0.05, 0) is 60.9 Å². The molecule has 29 heavy (non-hydrogen) atoms. The number of carbonyl (C=O) groups is 1. The zero-order valence-corrected chi connectivity index (χ0v) is 16.4. The predicted molar refractivity (Wildman–Crippen MR) is 117 cm³/mol. The maximum absolute atomic E-state index is 12.6. The molecule has 1 heterocycles. The van der Waals surface area contributed by atoms with Crippen molar-refractivity contribution in [2.75, 3.05) is 0 Å². The van der Waals surface area contributed by atoms with E-state index in [1.54, 1.807) is 24.3 Å². The number of fused-ring (bicyclic) bond motifs is 1. The summed E-state index contributed by atoms with van der Waals surface area (Å²) in [6.07, 6.45) is 6.91. The number of hydrogen-bond donors (Lipinski definition) is 1. The van der Waals surface area contributed by atoms with Gasteiger partial charge in [0, 0.05) is 0 Å². The van der Waals surface area contributed by atoms with E-state index >= 15 is 0 Å². The van der Waals surface area contributed by atoms with Crippen LogP contribution in [0.4, 0.5) is 0 Å². The van der Waals surface area contributed by atoms with Crippen LogP contribution in [0.3, 0.4) is 0 Å². The number of aromatic hydroxyl groups is 1. The smallest absolute Gasteiger partial charge is 0.189 e. The molecule has 1 aliphatic rings. The monoisotopic (exact) mass is 382 g/mol. The minimum absolute atomic E-state index is 0.0525. The molecule has 0 saturated carbocycles. The van der Waals surface area contributed by atoms with Crippen LogP contribution in [-0.2, 0) is 0 Å². The standard InChI is InChI=1S/C26H22O3/c1-26(2)17-16-22-24(29-26)15-13-21(25(22)28)23(27)14-10-18-8-11-20(12-9-18)19-6-4-3-5-7-19/h3-17,28H,1-2H3/b14-10+. The summed E-state index contributed by atoms with van der Waals surface area (Å²) in [4.78, 5) is 12.6. The van der Waals surface area contributed by atoms with Crippen molar-refractivity contribution in [2.45, 2.75) is 19.4 Å². The summed E-state index contributed by atoms with van der Waals surface area (Å²) in [6.45, 7) is 3.88. The van der Waals surface area contributed by atoms with Crippen LogP contribution in [-0.4, -0.2) is 16.5 Å². The molecule has 0 amide bonds. The molecule has 0 saturated heterocycles. The van der Waals surface area contributed by atoms with Crippen LogP contribution < -0.4 is 4.74 Å². The topological polar surface area (TPSA) is 46.5 Å². The molecule has 3 nitrogen and oxygen atoms in total. The first-order chi connectivity index (χ1) is 13.9. The van der Waals surface area contributed by atoms with Crippen molar-refractivity contribution in [1.82, 2.24) is 0 Å². The second kappa shape index (κ2) is 7.44. The van der Waals surface area contributed by atoms with E-state index in [-0.39, 0.29) is 17.1 Å². The Labute approximate surface area is 170 Å². The third-order valence-electron chi connectivity index (χ3n) is 4.91. The van der Waals surface area contributed by atoms with Gasteiger partial charge in [0.1, 0.15) is 17.1 Å². The van der Waals surface area contributed by atoms with Gasteiger partial charge in [-0.1, -0.05) is 60.7 Å². The summed E-state index contributed by atoms with van der Waals surface area (Å²) < 4.78 is 5.84. The number of benzene rings is 3. The minimum Gasteiger partial charge on any atom is -0.506 e. The fourth-order valence-corrected chi connectivity index (χ4v) is 3.32. The second-order valence-electron chi connectivity index (χ2n) is 7.60. The molecule has 0 spiro atoms. The lowest BCUT2D eigenvalue weighted by Gasteiger charge is -2.28. The van der Waals surface area contributed by atoms with E-state index in [9.17, 15) is 9.90 Å². The molecule has 144 valence electrons. The van der Waals surface area contributed by atoms with Crippen LogP contribution >= 0.6 is 0 Å². The normalized spacial score (nSPS) is 14.4. The van der Waals surface area contributed by atoms with Gasteiger partial charge in [-0.25, -0.2) is 0 Å². The number of ketones is 1. The lowest BCUT2D eigenvalue weighted by molar-refractivity contribution is 0.104. The van der Waals surface area contributed by atoms with Crippen molar-refractivity contribution in [2.24, 2.45) is 0 Å². The maximum Gasteiger partial charge on any atom is 0.189 e.